The molecule has 0 atom stereocenters. The van der Waals surface area contributed by atoms with Gasteiger partial charge in [0, 0.05) is 23.1 Å². The molecule has 1 N–H and O–H groups in total. The van der Waals surface area contributed by atoms with E-state index in [1.165, 1.54) is 18.2 Å². The number of carbonyl (C=O) groups excluding carboxylic acids is 1. The molecule has 0 saturated heterocycles. The van der Waals surface area contributed by atoms with Gasteiger partial charge in [-0.1, -0.05) is 0 Å². The number of aromatic nitrogens is 1. The van der Waals surface area contributed by atoms with Gasteiger partial charge < -0.3 is 5.32 Å². The molecule has 92 valence electrons. The Morgan fingerprint density at radius 3 is 2.78 bits per heavy atom. The molecule has 1 aromatic carbocycles. The second-order valence-corrected chi connectivity index (χ2v) is 4.62. The van der Waals surface area contributed by atoms with Crippen molar-refractivity contribution in [3.8, 4) is 0 Å². The molecule has 1 heterocycles. The van der Waals surface area contributed by atoms with Crippen molar-refractivity contribution in [3.63, 3.8) is 0 Å². The number of amides is 1. The quantitative estimate of drug-likeness (QED) is 0.922. The fourth-order valence-corrected chi connectivity index (χ4v) is 1.84. The van der Waals surface area contributed by atoms with Gasteiger partial charge in [0.05, 0.1) is 4.47 Å². The van der Waals surface area contributed by atoms with Crippen LogP contribution >= 0.6 is 15.9 Å². The molecule has 2 aromatic rings. The lowest BCUT2D eigenvalue weighted by atomic mass is 10.2. The summed E-state index contributed by atoms with van der Waals surface area (Å²) >= 11 is 3.07. The topological polar surface area (TPSA) is 42.0 Å². The molecule has 18 heavy (non-hydrogen) atoms. The summed E-state index contributed by atoms with van der Waals surface area (Å²) in [5, 5.41) is 2.69. The number of nitrogens with zero attached hydrogens (tertiary/aromatic N) is 1. The number of pyridine rings is 1. The Labute approximate surface area is 112 Å². The predicted molar refractivity (Wildman–Crippen MR) is 71.0 cm³/mol. The first-order chi connectivity index (χ1) is 8.56. The van der Waals surface area contributed by atoms with E-state index >= 15 is 0 Å². The minimum Gasteiger partial charge on any atom is -0.322 e. The molecular formula is C13H10BrFN2O. The third kappa shape index (κ3) is 2.92. The number of benzene rings is 1. The highest BCUT2D eigenvalue weighted by atomic mass is 79.9. The van der Waals surface area contributed by atoms with Crippen LogP contribution in [0.15, 0.2) is 41.0 Å². The van der Waals surface area contributed by atoms with E-state index in [1.807, 2.05) is 6.92 Å². The first-order valence-electron chi connectivity index (χ1n) is 5.25. The highest BCUT2D eigenvalue weighted by Crippen LogP contribution is 2.20. The molecule has 0 aliphatic rings. The molecule has 0 saturated carbocycles. The van der Waals surface area contributed by atoms with Crippen molar-refractivity contribution in [3.05, 3.63) is 58.1 Å². The van der Waals surface area contributed by atoms with Gasteiger partial charge in [0.25, 0.3) is 5.91 Å². The van der Waals surface area contributed by atoms with Crippen molar-refractivity contribution >= 4 is 27.5 Å². The van der Waals surface area contributed by atoms with E-state index in [0.717, 1.165) is 5.69 Å². The lowest BCUT2D eigenvalue weighted by molar-refractivity contribution is 0.102. The van der Waals surface area contributed by atoms with Crippen molar-refractivity contribution in [1.82, 2.24) is 4.98 Å². The number of nitrogens with one attached hydrogen (secondary N) is 1. The van der Waals surface area contributed by atoms with E-state index in [2.05, 4.69) is 26.2 Å². The van der Waals surface area contributed by atoms with Gasteiger partial charge in [-0.15, -0.1) is 0 Å². The average Bonchev–Trinajstić information content (AvgIpc) is 2.34. The zero-order chi connectivity index (χ0) is 13.1. The molecule has 5 heteroatoms. The number of anilines is 1. The second-order valence-electron chi connectivity index (χ2n) is 3.77. The highest BCUT2D eigenvalue weighted by Gasteiger charge is 2.07. The van der Waals surface area contributed by atoms with E-state index in [0.29, 0.717) is 15.7 Å². The van der Waals surface area contributed by atoms with Crippen LogP contribution in [0.3, 0.4) is 0 Å². The number of rotatable bonds is 2. The molecule has 3 nitrogen and oxygen atoms in total. The number of hydrogen-bond donors (Lipinski definition) is 1. The fourth-order valence-electron chi connectivity index (χ4n) is 1.46. The van der Waals surface area contributed by atoms with E-state index < -0.39 is 0 Å². The maximum Gasteiger partial charge on any atom is 0.255 e. The van der Waals surface area contributed by atoms with Gasteiger partial charge in [0.15, 0.2) is 0 Å². The number of halogens is 2. The van der Waals surface area contributed by atoms with Crippen molar-refractivity contribution in [2.45, 2.75) is 6.92 Å². The standard InChI is InChI=1S/C13H10BrFN2O/c1-8-6-9(4-5-16-8)13(18)17-10-2-3-12(15)11(14)7-10/h2-7H,1H3,(H,17,18). The molecule has 0 spiro atoms. The van der Waals surface area contributed by atoms with Crippen LogP contribution in [0.25, 0.3) is 0 Å². The van der Waals surface area contributed by atoms with Gasteiger partial charge in [0.2, 0.25) is 0 Å². The van der Waals surface area contributed by atoms with Crippen molar-refractivity contribution in [1.29, 1.82) is 0 Å². The minimum atomic E-state index is -0.368. The molecule has 2 rings (SSSR count). The number of carbonyl (C=O) groups is 1. The largest absolute Gasteiger partial charge is 0.322 e. The monoisotopic (exact) mass is 308 g/mol. The zero-order valence-corrected chi connectivity index (χ0v) is 11.2. The molecule has 0 fully saturated rings. The van der Waals surface area contributed by atoms with Gasteiger partial charge in [-0.3, -0.25) is 9.78 Å². The average molecular weight is 309 g/mol. The van der Waals surface area contributed by atoms with Crippen LogP contribution in [0.5, 0.6) is 0 Å². The minimum absolute atomic E-state index is 0.251. The SMILES string of the molecule is Cc1cc(C(=O)Nc2ccc(F)c(Br)c2)ccn1. The van der Waals surface area contributed by atoms with Crippen LogP contribution < -0.4 is 5.32 Å². The van der Waals surface area contributed by atoms with Crippen LogP contribution in [-0.2, 0) is 0 Å². The lowest BCUT2D eigenvalue weighted by Crippen LogP contribution is -2.12. The summed E-state index contributed by atoms with van der Waals surface area (Å²) in [7, 11) is 0. The Bertz CT molecular complexity index is 601. The van der Waals surface area contributed by atoms with Crippen LogP contribution in [0, 0.1) is 12.7 Å². The van der Waals surface area contributed by atoms with Gasteiger partial charge in [0.1, 0.15) is 5.82 Å². The van der Waals surface area contributed by atoms with Gasteiger partial charge >= 0.3 is 0 Å². The van der Waals surface area contributed by atoms with Crippen molar-refractivity contribution < 1.29 is 9.18 Å². The smallest absolute Gasteiger partial charge is 0.255 e. The predicted octanol–water partition coefficient (Wildman–Crippen LogP) is 3.54. The summed E-state index contributed by atoms with van der Waals surface area (Å²) in [4.78, 5) is 15.9. The Morgan fingerprint density at radius 2 is 2.11 bits per heavy atom. The lowest BCUT2D eigenvalue weighted by Gasteiger charge is -2.06. The first kappa shape index (κ1) is 12.7. The van der Waals surface area contributed by atoms with Crippen molar-refractivity contribution in [2.24, 2.45) is 0 Å². The van der Waals surface area contributed by atoms with Crippen molar-refractivity contribution in [2.75, 3.05) is 5.32 Å². The molecule has 1 amide bonds. The summed E-state index contributed by atoms with van der Waals surface area (Å²) in [5.41, 5.74) is 1.81. The summed E-state index contributed by atoms with van der Waals surface area (Å²) in [6, 6.07) is 7.62. The second kappa shape index (κ2) is 5.27. The Morgan fingerprint density at radius 1 is 1.33 bits per heavy atom. The number of aryl methyl sites for hydroxylation is 1. The fraction of sp³-hybridized carbons (Fsp3) is 0.0769. The van der Waals surface area contributed by atoms with Gasteiger partial charge in [-0.05, 0) is 53.2 Å². The molecule has 1 aromatic heterocycles. The van der Waals surface area contributed by atoms with Crippen LogP contribution in [0.4, 0.5) is 10.1 Å². The molecule has 0 radical (unpaired) electrons. The molecule has 0 unspecified atom stereocenters. The van der Waals surface area contributed by atoms with Crippen LogP contribution in [-0.4, -0.2) is 10.9 Å². The molecular weight excluding hydrogens is 299 g/mol. The Kier molecular flexibility index (Phi) is 3.72. The summed E-state index contributed by atoms with van der Waals surface area (Å²) in [5.74, 6) is -0.619. The van der Waals surface area contributed by atoms with E-state index in [9.17, 15) is 9.18 Å². The molecule has 0 bridgehead atoms. The maximum absolute atomic E-state index is 13.0. The first-order valence-corrected chi connectivity index (χ1v) is 6.04. The van der Waals surface area contributed by atoms with E-state index in [4.69, 9.17) is 0 Å². The normalized spacial score (nSPS) is 10.2. The molecule has 0 aliphatic carbocycles. The highest BCUT2D eigenvalue weighted by molar-refractivity contribution is 9.10. The van der Waals surface area contributed by atoms with E-state index in [1.54, 1.807) is 18.3 Å². The van der Waals surface area contributed by atoms with Gasteiger partial charge in [-0.2, -0.15) is 0 Å². The number of hydrogen-bond acceptors (Lipinski definition) is 2. The Hall–Kier alpha value is -1.75. The summed E-state index contributed by atoms with van der Waals surface area (Å²) < 4.78 is 13.4. The third-order valence-corrected chi connectivity index (χ3v) is 2.94. The maximum atomic E-state index is 13.0. The third-order valence-electron chi connectivity index (χ3n) is 2.34. The zero-order valence-electron chi connectivity index (χ0n) is 9.58. The van der Waals surface area contributed by atoms with E-state index in [-0.39, 0.29) is 11.7 Å². The van der Waals surface area contributed by atoms with Crippen LogP contribution in [0.2, 0.25) is 0 Å². The Balaban J connectivity index is 2.18. The van der Waals surface area contributed by atoms with Crippen LogP contribution in [0.1, 0.15) is 16.1 Å². The summed E-state index contributed by atoms with van der Waals surface area (Å²) in [6.07, 6.45) is 1.57. The molecule has 0 aliphatic heterocycles. The summed E-state index contributed by atoms with van der Waals surface area (Å²) in [6.45, 7) is 1.81. The van der Waals surface area contributed by atoms with Gasteiger partial charge in [-0.25, -0.2) is 4.39 Å².